The van der Waals surface area contributed by atoms with E-state index in [0.717, 1.165) is 27.9 Å². The summed E-state index contributed by atoms with van der Waals surface area (Å²) >= 11 is 3.09. The molecule has 0 bridgehead atoms. The molecule has 5 nitrogen and oxygen atoms in total. The van der Waals surface area contributed by atoms with Crippen LogP contribution in [-0.4, -0.2) is 40.3 Å². The van der Waals surface area contributed by atoms with E-state index in [2.05, 4.69) is 21.7 Å². The van der Waals surface area contributed by atoms with E-state index in [1.165, 1.54) is 16.6 Å². The number of amides is 1. The zero-order valence-electron chi connectivity index (χ0n) is 17.4. The molecule has 0 fully saturated rings. The molecule has 2 heterocycles. The second-order valence-electron chi connectivity index (χ2n) is 6.92. The number of carbonyl (C=O) groups is 1. The molecule has 0 aliphatic carbocycles. The summed E-state index contributed by atoms with van der Waals surface area (Å²) in [5, 5.41) is 2.78. The van der Waals surface area contributed by atoms with Gasteiger partial charge in [-0.1, -0.05) is 60.3 Å². The Balaban J connectivity index is 1.62. The minimum Gasteiger partial charge on any atom is -0.495 e. The Morgan fingerprint density at radius 1 is 1.10 bits per heavy atom. The molecule has 0 radical (unpaired) electrons. The van der Waals surface area contributed by atoms with E-state index in [4.69, 9.17) is 4.74 Å². The molecule has 0 atom stereocenters. The standard InChI is InChI=1S/C24H23N3O2S2/c1-26(16-19-11-8-14-30-19)23(28)17-31-24-25-15-21(18-9-4-3-5-10-18)27(24)20-12-6-7-13-22(20)29-2/h3-15H,16-17H2,1-2H3. The Labute approximate surface area is 190 Å². The molecule has 0 saturated heterocycles. The average Bonchev–Trinajstić information content (AvgIpc) is 3.47. The number of carbonyl (C=O) groups excluding carboxylic acids is 1. The lowest BCUT2D eigenvalue weighted by Crippen LogP contribution is -2.27. The number of thiophene rings is 1. The number of thioether (sulfide) groups is 1. The summed E-state index contributed by atoms with van der Waals surface area (Å²) in [5.41, 5.74) is 2.89. The maximum atomic E-state index is 12.7. The van der Waals surface area contributed by atoms with Crippen LogP contribution in [0.3, 0.4) is 0 Å². The van der Waals surface area contributed by atoms with Crippen molar-refractivity contribution < 1.29 is 9.53 Å². The van der Waals surface area contributed by atoms with Gasteiger partial charge in [-0.3, -0.25) is 9.36 Å². The van der Waals surface area contributed by atoms with E-state index in [9.17, 15) is 4.79 Å². The molecule has 2 aromatic carbocycles. The van der Waals surface area contributed by atoms with E-state index in [1.54, 1.807) is 23.3 Å². The summed E-state index contributed by atoms with van der Waals surface area (Å²) in [6.07, 6.45) is 1.85. The van der Waals surface area contributed by atoms with Crippen molar-refractivity contribution in [3.05, 3.63) is 83.2 Å². The van der Waals surface area contributed by atoms with Crippen LogP contribution in [0, 0.1) is 0 Å². The zero-order chi connectivity index (χ0) is 21.6. The highest BCUT2D eigenvalue weighted by Gasteiger charge is 2.19. The van der Waals surface area contributed by atoms with E-state index in [1.807, 2.05) is 73.2 Å². The number of hydrogen-bond donors (Lipinski definition) is 0. The molecule has 2 aromatic heterocycles. The van der Waals surface area contributed by atoms with Crippen LogP contribution in [0.15, 0.2) is 83.5 Å². The molecule has 4 rings (SSSR count). The second-order valence-corrected chi connectivity index (χ2v) is 8.89. The third-order valence-corrected chi connectivity index (χ3v) is 6.65. The normalized spacial score (nSPS) is 10.8. The van der Waals surface area contributed by atoms with Crippen molar-refractivity contribution in [1.29, 1.82) is 0 Å². The van der Waals surface area contributed by atoms with Crippen LogP contribution in [-0.2, 0) is 11.3 Å². The average molecular weight is 450 g/mol. The van der Waals surface area contributed by atoms with Gasteiger partial charge in [-0.05, 0) is 23.6 Å². The number of hydrogen-bond acceptors (Lipinski definition) is 5. The first-order valence-electron chi connectivity index (χ1n) is 9.83. The van der Waals surface area contributed by atoms with Crippen molar-refractivity contribution in [2.24, 2.45) is 0 Å². The molecule has 0 saturated carbocycles. The third kappa shape index (κ3) is 4.84. The smallest absolute Gasteiger partial charge is 0.233 e. The predicted molar refractivity (Wildman–Crippen MR) is 127 cm³/mol. The van der Waals surface area contributed by atoms with Crippen molar-refractivity contribution in [2.75, 3.05) is 19.9 Å². The van der Waals surface area contributed by atoms with Crippen molar-refractivity contribution in [2.45, 2.75) is 11.7 Å². The Morgan fingerprint density at radius 3 is 2.61 bits per heavy atom. The van der Waals surface area contributed by atoms with Gasteiger partial charge in [0.25, 0.3) is 0 Å². The van der Waals surface area contributed by atoms with E-state index >= 15 is 0 Å². The Morgan fingerprint density at radius 2 is 1.87 bits per heavy atom. The minimum absolute atomic E-state index is 0.0641. The molecule has 31 heavy (non-hydrogen) atoms. The highest BCUT2D eigenvalue weighted by molar-refractivity contribution is 7.99. The lowest BCUT2D eigenvalue weighted by Gasteiger charge is -2.17. The Hall–Kier alpha value is -3.03. The van der Waals surface area contributed by atoms with Gasteiger partial charge in [0.2, 0.25) is 5.91 Å². The number of benzene rings is 2. The van der Waals surface area contributed by atoms with Gasteiger partial charge in [0.05, 0.1) is 37.0 Å². The zero-order valence-corrected chi connectivity index (χ0v) is 19.0. The highest BCUT2D eigenvalue weighted by Crippen LogP contribution is 2.33. The van der Waals surface area contributed by atoms with Gasteiger partial charge < -0.3 is 9.64 Å². The summed E-state index contributed by atoms with van der Waals surface area (Å²) in [4.78, 5) is 20.3. The van der Waals surface area contributed by atoms with Gasteiger partial charge in [0.1, 0.15) is 5.75 Å². The molecule has 158 valence electrons. The minimum atomic E-state index is 0.0641. The molecule has 0 N–H and O–H groups in total. The maximum Gasteiger partial charge on any atom is 0.233 e. The number of rotatable bonds is 8. The summed E-state index contributed by atoms with van der Waals surface area (Å²) in [6, 6.07) is 22.0. The molecule has 0 aliphatic heterocycles. The van der Waals surface area contributed by atoms with Crippen LogP contribution in [0.1, 0.15) is 4.88 Å². The van der Waals surface area contributed by atoms with Gasteiger partial charge in [-0.25, -0.2) is 4.98 Å². The molecule has 0 spiro atoms. The molecule has 7 heteroatoms. The van der Waals surface area contributed by atoms with Gasteiger partial charge in [-0.2, -0.15) is 0 Å². The van der Waals surface area contributed by atoms with Crippen molar-refractivity contribution in [1.82, 2.24) is 14.5 Å². The summed E-state index contributed by atoms with van der Waals surface area (Å²) in [7, 11) is 3.50. The lowest BCUT2D eigenvalue weighted by molar-refractivity contribution is -0.127. The van der Waals surface area contributed by atoms with Crippen LogP contribution in [0.2, 0.25) is 0 Å². The highest BCUT2D eigenvalue weighted by atomic mass is 32.2. The van der Waals surface area contributed by atoms with Gasteiger partial charge in [0.15, 0.2) is 5.16 Å². The number of imidazole rings is 1. The molecular weight excluding hydrogens is 426 g/mol. The van der Waals surface area contributed by atoms with E-state index in [-0.39, 0.29) is 5.91 Å². The number of nitrogens with zero attached hydrogens (tertiary/aromatic N) is 3. The fourth-order valence-electron chi connectivity index (χ4n) is 3.26. The summed E-state index contributed by atoms with van der Waals surface area (Å²) in [5.74, 6) is 1.12. The van der Waals surface area contributed by atoms with Gasteiger partial charge in [0, 0.05) is 17.5 Å². The molecular formula is C24H23N3O2S2. The SMILES string of the molecule is COc1ccccc1-n1c(-c2ccccc2)cnc1SCC(=O)N(C)Cc1cccs1. The van der Waals surface area contributed by atoms with Crippen LogP contribution < -0.4 is 4.74 Å². The van der Waals surface area contributed by atoms with Gasteiger partial charge >= 0.3 is 0 Å². The first-order chi connectivity index (χ1) is 15.2. The van der Waals surface area contributed by atoms with Crippen molar-refractivity contribution in [3.8, 4) is 22.7 Å². The fraction of sp³-hybridized carbons (Fsp3) is 0.167. The fourth-order valence-corrected chi connectivity index (χ4v) is 4.94. The monoisotopic (exact) mass is 449 g/mol. The number of para-hydroxylation sites is 2. The first-order valence-corrected chi connectivity index (χ1v) is 11.7. The molecule has 4 aromatic rings. The van der Waals surface area contributed by atoms with Crippen LogP contribution >= 0.6 is 23.1 Å². The van der Waals surface area contributed by atoms with E-state index in [0.29, 0.717) is 12.3 Å². The molecule has 1 amide bonds. The number of ether oxygens (including phenoxy) is 1. The summed E-state index contributed by atoms with van der Waals surface area (Å²) in [6.45, 7) is 0.618. The second kappa shape index (κ2) is 9.85. The summed E-state index contributed by atoms with van der Waals surface area (Å²) < 4.78 is 7.67. The van der Waals surface area contributed by atoms with Crippen LogP contribution in [0.5, 0.6) is 5.75 Å². The van der Waals surface area contributed by atoms with Gasteiger partial charge in [-0.15, -0.1) is 11.3 Å². The van der Waals surface area contributed by atoms with Crippen molar-refractivity contribution in [3.63, 3.8) is 0 Å². The Bertz CT molecular complexity index is 1140. The predicted octanol–water partition coefficient (Wildman–Crippen LogP) is 5.36. The Kier molecular flexibility index (Phi) is 6.74. The first kappa shape index (κ1) is 21.2. The number of aromatic nitrogens is 2. The van der Waals surface area contributed by atoms with Crippen LogP contribution in [0.4, 0.5) is 0 Å². The number of methoxy groups -OCH3 is 1. The van der Waals surface area contributed by atoms with Crippen molar-refractivity contribution >= 4 is 29.0 Å². The largest absolute Gasteiger partial charge is 0.495 e. The third-order valence-electron chi connectivity index (χ3n) is 4.85. The van der Waals surface area contributed by atoms with E-state index < -0.39 is 0 Å². The lowest BCUT2D eigenvalue weighted by atomic mass is 10.1. The molecule has 0 unspecified atom stereocenters. The topological polar surface area (TPSA) is 47.4 Å². The molecule has 0 aliphatic rings. The quantitative estimate of drug-likeness (QED) is 0.340. The maximum absolute atomic E-state index is 12.7. The van der Waals surface area contributed by atoms with Crippen LogP contribution in [0.25, 0.3) is 16.9 Å².